The van der Waals surface area contributed by atoms with E-state index >= 15 is 0 Å². The fraction of sp³-hybridized carbons (Fsp3) is 0.588. The van der Waals surface area contributed by atoms with E-state index in [2.05, 4.69) is 24.5 Å². The average molecular weight is 274 g/mol. The Morgan fingerprint density at radius 2 is 2.15 bits per heavy atom. The summed E-state index contributed by atoms with van der Waals surface area (Å²) in [7, 11) is 1.66. The van der Waals surface area contributed by atoms with Gasteiger partial charge in [0, 0.05) is 24.3 Å². The lowest BCUT2D eigenvalue weighted by Gasteiger charge is -2.30. The smallest absolute Gasteiger partial charge is 0.251 e. The highest BCUT2D eigenvalue weighted by atomic mass is 16.1. The van der Waals surface area contributed by atoms with Crippen molar-refractivity contribution in [3.63, 3.8) is 0 Å². The van der Waals surface area contributed by atoms with Crippen LogP contribution in [0.25, 0.3) is 0 Å². The van der Waals surface area contributed by atoms with Crippen molar-refractivity contribution in [3.8, 4) is 0 Å². The summed E-state index contributed by atoms with van der Waals surface area (Å²) >= 11 is 0. The third kappa shape index (κ3) is 3.53. The fourth-order valence-electron chi connectivity index (χ4n) is 3.12. The molecule has 1 amide bonds. The normalized spacial score (nSPS) is 22.4. The lowest BCUT2D eigenvalue weighted by Crippen LogP contribution is -2.27. The van der Waals surface area contributed by atoms with E-state index in [1.54, 1.807) is 7.05 Å². The van der Waals surface area contributed by atoms with Gasteiger partial charge in [0.15, 0.2) is 0 Å². The van der Waals surface area contributed by atoms with Crippen molar-refractivity contribution in [3.05, 3.63) is 29.3 Å². The highest BCUT2D eigenvalue weighted by Gasteiger charge is 2.21. The zero-order valence-electron chi connectivity index (χ0n) is 12.8. The molecule has 2 atom stereocenters. The molecule has 0 radical (unpaired) electrons. The lowest BCUT2D eigenvalue weighted by atomic mass is 9.84. The molecule has 3 heteroatoms. The van der Waals surface area contributed by atoms with Gasteiger partial charge in [0.25, 0.3) is 5.91 Å². The van der Waals surface area contributed by atoms with Gasteiger partial charge in [0.05, 0.1) is 0 Å². The van der Waals surface area contributed by atoms with E-state index in [0.717, 1.165) is 17.0 Å². The minimum absolute atomic E-state index is 0.0247. The van der Waals surface area contributed by atoms with Crippen LogP contribution in [-0.4, -0.2) is 19.0 Å². The van der Waals surface area contributed by atoms with Crippen LogP contribution < -0.4 is 10.6 Å². The van der Waals surface area contributed by atoms with E-state index < -0.39 is 0 Å². The molecular formula is C17H26N2O. The van der Waals surface area contributed by atoms with Crippen molar-refractivity contribution >= 4 is 11.6 Å². The van der Waals surface area contributed by atoms with Gasteiger partial charge >= 0.3 is 0 Å². The van der Waals surface area contributed by atoms with Gasteiger partial charge in [-0.1, -0.05) is 26.2 Å². The van der Waals surface area contributed by atoms with Gasteiger partial charge in [-0.15, -0.1) is 0 Å². The van der Waals surface area contributed by atoms with Crippen LogP contribution in [0.2, 0.25) is 0 Å². The van der Waals surface area contributed by atoms with Crippen LogP contribution in [0.3, 0.4) is 0 Å². The van der Waals surface area contributed by atoms with Crippen molar-refractivity contribution in [1.82, 2.24) is 5.32 Å². The average Bonchev–Trinajstić information content (AvgIpc) is 2.48. The Kier molecular flexibility index (Phi) is 5.05. The van der Waals surface area contributed by atoms with E-state index in [4.69, 9.17) is 0 Å². The molecular weight excluding hydrogens is 248 g/mol. The van der Waals surface area contributed by atoms with Crippen molar-refractivity contribution in [2.45, 2.75) is 52.0 Å². The van der Waals surface area contributed by atoms with Gasteiger partial charge < -0.3 is 10.6 Å². The first-order valence-corrected chi connectivity index (χ1v) is 7.73. The molecule has 110 valence electrons. The maximum atomic E-state index is 11.6. The van der Waals surface area contributed by atoms with Crippen molar-refractivity contribution in [1.29, 1.82) is 0 Å². The summed E-state index contributed by atoms with van der Waals surface area (Å²) in [5.41, 5.74) is 3.04. The lowest BCUT2D eigenvalue weighted by molar-refractivity contribution is 0.0963. The topological polar surface area (TPSA) is 41.1 Å². The zero-order valence-corrected chi connectivity index (χ0v) is 12.8. The summed E-state index contributed by atoms with van der Waals surface area (Å²) in [5.74, 6) is 0.843. The molecule has 2 N–H and O–H groups in total. The molecule has 20 heavy (non-hydrogen) atoms. The largest absolute Gasteiger partial charge is 0.382 e. The number of benzene rings is 1. The number of amides is 1. The highest BCUT2D eigenvalue weighted by Crippen LogP contribution is 2.29. The van der Waals surface area contributed by atoms with E-state index in [9.17, 15) is 4.79 Å². The summed E-state index contributed by atoms with van der Waals surface area (Å²) in [6.07, 6.45) is 6.52. The van der Waals surface area contributed by atoms with Gasteiger partial charge in [0.1, 0.15) is 0 Å². The molecule has 1 aromatic rings. The predicted molar refractivity (Wildman–Crippen MR) is 84.2 cm³/mol. The second kappa shape index (κ2) is 6.78. The monoisotopic (exact) mass is 274 g/mol. The number of hydrogen-bond acceptors (Lipinski definition) is 2. The Morgan fingerprint density at radius 3 is 2.80 bits per heavy atom. The quantitative estimate of drug-likeness (QED) is 0.878. The summed E-state index contributed by atoms with van der Waals surface area (Å²) < 4.78 is 0. The molecule has 1 fully saturated rings. The molecule has 0 aromatic heterocycles. The summed E-state index contributed by atoms with van der Waals surface area (Å²) in [6.45, 7) is 4.35. The molecule has 0 spiro atoms. The molecule has 0 heterocycles. The van der Waals surface area contributed by atoms with E-state index in [1.165, 1.54) is 37.8 Å². The third-order valence-electron chi connectivity index (χ3n) is 4.44. The Labute approximate surface area is 122 Å². The Bertz CT molecular complexity index is 470. The van der Waals surface area contributed by atoms with E-state index in [1.807, 2.05) is 18.2 Å². The molecule has 1 aromatic carbocycles. The summed E-state index contributed by atoms with van der Waals surface area (Å²) in [5, 5.41) is 6.33. The van der Waals surface area contributed by atoms with E-state index in [0.29, 0.717) is 6.04 Å². The van der Waals surface area contributed by atoms with Gasteiger partial charge in [0.2, 0.25) is 0 Å². The maximum Gasteiger partial charge on any atom is 0.251 e. The molecule has 0 bridgehead atoms. The summed E-state index contributed by atoms with van der Waals surface area (Å²) in [4.78, 5) is 11.6. The number of nitrogens with one attached hydrogen (secondary N) is 2. The predicted octanol–water partition coefficient (Wildman–Crippen LogP) is 3.74. The Balaban J connectivity index is 2.04. The first-order valence-electron chi connectivity index (χ1n) is 7.73. The number of carbonyl (C=O) groups is 1. The van der Waals surface area contributed by atoms with Crippen molar-refractivity contribution in [2.24, 2.45) is 5.92 Å². The molecule has 0 saturated heterocycles. The molecule has 2 rings (SSSR count). The minimum atomic E-state index is -0.0247. The van der Waals surface area contributed by atoms with Crippen LogP contribution in [0.5, 0.6) is 0 Å². The first kappa shape index (κ1) is 14.9. The molecule has 3 nitrogen and oxygen atoms in total. The number of anilines is 1. The van der Waals surface area contributed by atoms with Gasteiger partial charge in [-0.25, -0.2) is 0 Å². The maximum absolute atomic E-state index is 11.6. The minimum Gasteiger partial charge on any atom is -0.382 e. The number of rotatable bonds is 4. The van der Waals surface area contributed by atoms with Crippen LogP contribution in [0, 0.1) is 12.8 Å². The molecule has 1 aliphatic carbocycles. The van der Waals surface area contributed by atoms with Gasteiger partial charge in [-0.2, -0.15) is 0 Å². The molecule has 0 aliphatic heterocycles. The van der Waals surface area contributed by atoms with Crippen LogP contribution in [-0.2, 0) is 0 Å². The number of aryl methyl sites for hydroxylation is 1. The fourth-order valence-corrected chi connectivity index (χ4v) is 3.12. The zero-order chi connectivity index (χ0) is 14.5. The molecule has 1 aliphatic rings. The number of hydrogen-bond donors (Lipinski definition) is 2. The summed E-state index contributed by atoms with van der Waals surface area (Å²) in [6, 6.07) is 6.48. The highest BCUT2D eigenvalue weighted by molar-refractivity contribution is 5.94. The van der Waals surface area contributed by atoms with Crippen LogP contribution in [0.4, 0.5) is 5.69 Å². The van der Waals surface area contributed by atoms with Crippen LogP contribution in [0.15, 0.2) is 18.2 Å². The van der Waals surface area contributed by atoms with Crippen LogP contribution >= 0.6 is 0 Å². The first-order chi connectivity index (χ1) is 9.63. The van der Waals surface area contributed by atoms with Crippen molar-refractivity contribution in [2.75, 3.05) is 12.4 Å². The van der Waals surface area contributed by atoms with Crippen LogP contribution in [0.1, 0.15) is 54.9 Å². The third-order valence-corrected chi connectivity index (χ3v) is 4.44. The SMILES string of the molecule is CCC1CCCC(Nc2ccc(C(=O)NC)cc2C)C1. The Morgan fingerprint density at radius 1 is 1.35 bits per heavy atom. The van der Waals surface area contributed by atoms with E-state index in [-0.39, 0.29) is 5.91 Å². The Hall–Kier alpha value is -1.51. The molecule has 1 saturated carbocycles. The standard InChI is InChI=1S/C17H26N2O/c1-4-13-6-5-7-15(11-13)19-16-9-8-14(10-12(16)2)17(20)18-3/h8-10,13,15,19H,4-7,11H2,1-3H3,(H,18,20). The molecule has 2 unspecified atom stereocenters. The van der Waals surface area contributed by atoms with Gasteiger partial charge in [-0.05, 0) is 49.4 Å². The number of carbonyl (C=O) groups excluding carboxylic acids is 1. The second-order valence-electron chi connectivity index (χ2n) is 5.89. The van der Waals surface area contributed by atoms with Gasteiger partial charge in [-0.3, -0.25) is 4.79 Å². The van der Waals surface area contributed by atoms with Crippen molar-refractivity contribution < 1.29 is 4.79 Å². The second-order valence-corrected chi connectivity index (χ2v) is 5.89.